The predicted molar refractivity (Wildman–Crippen MR) is 98.3 cm³/mol. The Hall–Kier alpha value is -3.09. The van der Waals surface area contributed by atoms with Gasteiger partial charge in [0, 0.05) is 19.2 Å². The minimum atomic E-state index is -0.122. The molecule has 0 saturated heterocycles. The van der Waals surface area contributed by atoms with E-state index in [0.29, 0.717) is 30.4 Å². The SMILES string of the molecule is O=C(CCCCCn1nnc2ccccc2c1=O)NCc1ccccn1. The molecule has 0 aliphatic carbocycles. The van der Waals surface area contributed by atoms with Gasteiger partial charge in [-0.15, -0.1) is 5.10 Å². The maximum Gasteiger partial charge on any atom is 0.277 e. The van der Waals surface area contributed by atoms with Gasteiger partial charge in [-0.05, 0) is 37.1 Å². The number of unbranched alkanes of at least 4 members (excludes halogenated alkanes) is 2. The molecular formula is C19H21N5O2. The molecule has 2 heterocycles. The number of aromatic nitrogens is 4. The van der Waals surface area contributed by atoms with Crippen molar-refractivity contribution in [3.05, 3.63) is 64.7 Å². The van der Waals surface area contributed by atoms with E-state index in [9.17, 15) is 9.59 Å². The second kappa shape index (κ2) is 8.84. The number of amides is 1. The number of rotatable bonds is 8. The molecule has 1 amide bonds. The maximum absolute atomic E-state index is 12.3. The van der Waals surface area contributed by atoms with Crippen molar-refractivity contribution in [2.24, 2.45) is 0 Å². The number of benzene rings is 1. The first-order chi connectivity index (χ1) is 12.7. The number of nitrogens with zero attached hydrogens (tertiary/aromatic N) is 4. The minimum absolute atomic E-state index is 0.0123. The Balaban J connectivity index is 1.38. The zero-order chi connectivity index (χ0) is 18.2. The molecule has 7 heteroatoms. The fourth-order valence-electron chi connectivity index (χ4n) is 2.67. The van der Waals surface area contributed by atoms with Crippen molar-refractivity contribution in [2.45, 2.75) is 38.8 Å². The molecule has 7 nitrogen and oxygen atoms in total. The van der Waals surface area contributed by atoms with Crippen LogP contribution in [0.2, 0.25) is 0 Å². The van der Waals surface area contributed by atoms with E-state index >= 15 is 0 Å². The van der Waals surface area contributed by atoms with Crippen LogP contribution >= 0.6 is 0 Å². The molecule has 0 radical (unpaired) electrons. The molecular weight excluding hydrogens is 330 g/mol. The van der Waals surface area contributed by atoms with Gasteiger partial charge in [-0.3, -0.25) is 14.6 Å². The summed E-state index contributed by atoms with van der Waals surface area (Å²) in [5, 5.41) is 11.5. The summed E-state index contributed by atoms with van der Waals surface area (Å²) in [6.07, 6.45) is 4.56. The Morgan fingerprint density at radius 3 is 2.73 bits per heavy atom. The Bertz CT molecular complexity index is 924. The van der Waals surface area contributed by atoms with Crippen LogP contribution < -0.4 is 10.9 Å². The van der Waals surface area contributed by atoms with Crippen LogP contribution in [0.5, 0.6) is 0 Å². The number of carbonyl (C=O) groups excluding carboxylic acids is 1. The molecule has 0 saturated carbocycles. The second-order valence-corrected chi connectivity index (χ2v) is 6.04. The summed E-state index contributed by atoms with van der Waals surface area (Å²) < 4.78 is 1.39. The number of carbonyl (C=O) groups is 1. The van der Waals surface area contributed by atoms with Crippen LogP contribution in [0, 0.1) is 0 Å². The van der Waals surface area contributed by atoms with E-state index in [1.165, 1.54) is 4.68 Å². The molecule has 3 aromatic rings. The number of pyridine rings is 1. The number of nitrogens with one attached hydrogen (secondary N) is 1. The van der Waals surface area contributed by atoms with Crippen molar-refractivity contribution >= 4 is 16.8 Å². The fourth-order valence-corrected chi connectivity index (χ4v) is 2.67. The number of aryl methyl sites for hydroxylation is 1. The quantitative estimate of drug-likeness (QED) is 0.628. The van der Waals surface area contributed by atoms with Crippen LogP contribution in [0.3, 0.4) is 0 Å². The third kappa shape index (κ3) is 4.72. The van der Waals surface area contributed by atoms with E-state index in [1.807, 2.05) is 30.3 Å². The molecule has 0 bridgehead atoms. The van der Waals surface area contributed by atoms with Gasteiger partial charge in [-0.1, -0.05) is 29.8 Å². The Labute approximate surface area is 151 Å². The summed E-state index contributed by atoms with van der Waals surface area (Å²) in [5.74, 6) is 0.0123. The lowest BCUT2D eigenvalue weighted by molar-refractivity contribution is -0.121. The highest BCUT2D eigenvalue weighted by atomic mass is 16.1. The van der Waals surface area contributed by atoms with Crippen molar-refractivity contribution in [3.8, 4) is 0 Å². The minimum Gasteiger partial charge on any atom is -0.350 e. The Morgan fingerprint density at radius 2 is 1.88 bits per heavy atom. The van der Waals surface area contributed by atoms with Gasteiger partial charge in [0.2, 0.25) is 5.91 Å². The second-order valence-electron chi connectivity index (χ2n) is 6.04. The monoisotopic (exact) mass is 351 g/mol. The third-order valence-electron chi connectivity index (χ3n) is 4.10. The molecule has 0 spiro atoms. The van der Waals surface area contributed by atoms with Crippen LogP contribution in [0.15, 0.2) is 53.5 Å². The van der Waals surface area contributed by atoms with Crippen LogP contribution in [-0.4, -0.2) is 25.9 Å². The van der Waals surface area contributed by atoms with Gasteiger partial charge in [0.05, 0.1) is 17.6 Å². The Kier molecular flexibility index (Phi) is 6.03. The summed E-state index contributed by atoms with van der Waals surface area (Å²) in [5.41, 5.74) is 1.33. The molecule has 0 atom stereocenters. The molecule has 26 heavy (non-hydrogen) atoms. The van der Waals surface area contributed by atoms with E-state index in [1.54, 1.807) is 18.3 Å². The van der Waals surface area contributed by atoms with E-state index in [-0.39, 0.29) is 11.5 Å². The molecule has 2 aromatic heterocycles. The van der Waals surface area contributed by atoms with E-state index in [4.69, 9.17) is 0 Å². The lowest BCUT2D eigenvalue weighted by Crippen LogP contribution is -2.24. The van der Waals surface area contributed by atoms with Crippen LogP contribution in [0.4, 0.5) is 0 Å². The summed E-state index contributed by atoms with van der Waals surface area (Å²) >= 11 is 0. The molecule has 134 valence electrons. The predicted octanol–water partition coefficient (Wildman–Crippen LogP) is 2.06. The number of hydrogen-bond donors (Lipinski definition) is 1. The molecule has 0 fully saturated rings. The van der Waals surface area contributed by atoms with Crippen molar-refractivity contribution in [1.82, 2.24) is 25.3 Å². The molecule has 0 aliphatic rings. The number of hydrogen-bond acceptors (Lipinski definition) is 5. The van der Waals surface area contributed by atoms with E-state index in [0.717, 1.165) is 25.0 Å². The third-order valence-corrected chi connectivity index (χ3v) is 4.10. The van der Waals surface area contributed by atoms with Gasteiger partial charge in [0.15, 0.2) is 0 Å². The van der Waals surface area contributed by atoms with Gasteiger partial charge in [0.1, 0.15) is 5.52 Å². The van der Waals surface area contributed by atoms with Gasteiger partial charge < -0.3 is 5.32 Å². The maximum atomic E-state index is 12.3. The standard InChI is InChI=1S/C19H21N5O2/c25-18(21-14-15-8-5-6-12-20-15)11-2-1-7-13-24-19(26)16-9-3-4-10-17(16)22-23-24/h3-6,8-10,12H,1-2,7,11,13-14H2,(H,21,25). The van der Waals surface area contributed by atoms with Crippen molar-refractivity contribution in [3.63, 3.8) is 0 Å². The zero-order valence-corrected chi connectivity index (χ0v) is 14.5. The molecule has 1 N–H and O–H groups in total. The normalized spacial score (nSPS) is 10.8. The molecule has 1 aromatic carbocycles. The van der Waals surface area contributed by atoms with Crippen LogP contribution in [-0.2, 0) is 17.9 Å². The lowest BCUT2D eigenvalue weighted by Gasteiger charge is -2.06. The fraction of sp³-hybridized carbons (Fsp3) is 0.316. The first-order valence-electron chi connectivity index (χ1n) is 8.73. The van der Waals surface area contributed by atoms with Gasteiger partial charge >= 0.3 is 0 Å². The highest BCUT2D eigenvalue weighted by molar-refractivity contribution is 5.76. The van der Waals surface area contributed by atoms with E-state index < -0.39 is 0 Å². The summed E-state index contributed by atoms with van der Waals surface area (Å²) in [6.45, 7) is 0.952. The molecule has 0 aliphatic heterocycles. The summed E-state index contributed by atoms with van der Waals surface area (Å²) in [7, 11) is 0. The average molecular weight is 351 g/mol. The van der Waals surface area contributed by atoms with Gasteiger partial charge in [0.25, 0.3) is 5.56 Å². The number of fused-ring (bicyclic) bond motifs is 1. The van der Waals surface area contributed by atoms with Crippen LogP contribution in [0.25, 0.3) is 10.9 Å². The highest BCUT2D eigenvalue weighted by Gasteiger charge is 2.05. The highest BCUT2D eigenvalue weighted by Crippen LogP contribution is 2.05. The first-order valence-corrected chi connectivity index (χ1v) is 8.73. The van der Waals surface area contributed by atoms with Crippen LogP contribution in [0.1, 0.15) is 31.4 Å². The lowest BCUT2D eigenvalue weighted by atomic mass is 10.2. The summed E-state index contributed by atoms with van der Waals surface area (Å²) in [4.78, 5) is 28.3. The molecule has 0 unspecified atom stereocenters. The van der Waals surface area contributed by atoms with Gasteiger partial charge in [-0.25, -0.2) is 4.68 Å². The largest absolute Gasteiger partial charge is 0.350 e. The van der Waals surface area contributed by atoms with Crippen molar-refractivity contribution < 1.29 is 4.79 Å². The van der Waals surface area contributed by atoms with Gasteiger partial charge in [-0.2, -0.15) is 0 Å². The first kappa shape index (κ1) is 17.7. The topological polar surface area (TPSA) is 89.8 Å². The zero-order valence-electron chi connectivity index (χ0n) is 14.5. The molecule has 3 rings (SSSR count). The van der Waals surface area contributed by atoms with E-state index in [2.05, 4.69) is 20.6 Å². The smallest absolute Gasteiger partial charge is 0.277 e. The summed E-state index contributed by atoms with van der Waals surface area (Å²) in [6, 6.07) is 12.8. The Morgan fingerprint density at radius 1 is 1.04 bits per heavy atom. The van der Waals surface area contributed by atoms with Crippen molar-refractivity contribution in [2.75, 3.05) is 0 Å². The van der Waals surface area contributed by atoms with Crippen molar-refractivity contribution in [1.29, 1.82) is 0 Å². The average Bonchev–Trinajstić information content (AvgIpc) is 2.69.